The number of halogens is 6. The summed E-state index contributed by atoms with van der Waals surface area (Å²) in [6.45, 7) is 7.55. The lowest BCUT2D eigenvalue weighted by molar-refractivity contribution is -0.143. The van der Waals surface area contributed by atoms with Crippen molar-refractivity contribution in [1.29, 1.82) is 0 Å². The quantitative estimate of drug-likeness (QED) is 0.309. The Kier molecular flexibility index (Phi) is 8.09. The van der Waals surface area contributed by atoms with E-state index < -0.39 is 29.0 Å². The smallest absolute Gasteiger partial charge is 0.416 e. The fourth-order valence-corrected chi connectivity index (χ4v) is 5.04. The molecule has 4 rings (SSSR count). The Bertz CT molecular complexity index is 1190. The summed E-state index contributed by atoms with van der Waals surface area (Å²) >= 11 is 0. The summed E-state index contributed by atoms with van der Waals surface area (Å²) in [5, 5.41) is 0. The number of hydrogen-bond donors (Lipinski definition) is 0. The molecule has 3 aromatic rings. The van der Waals surface area contributed by atoms with Gasteiger partial charge in [0.25, 0.3) is 0 Å². The van der Waals surface area contributed by atoms with Gasteiger partial charge >= 0.3 is 12.4 Å². The second-order valence-electron chi connectivity index (χ2n) is 9.57. The van der Waals surface area contributed by atoms with E-state index in [0.717, 1.165) is 24.2 Å². The third kappa shape index (κ3) is 6.32. The Hall–Kier alpha value is -3.04. The molecule has 1 atom stereocenters. The number of alkyl halides is 6. The van der Waals surface area contributed by atoms with Crippen molar-refractivity contribution in [2.45, 2.75) is 30.9 Å². The maximum Gasteiger partial charge on any atom is 0.416 e. The first-order valence-electron chi connectivity index (χ1n) is 12.2. The molecule has 1 aliphatic rings. The summed E-state index contributed by atoms with van der Waals surface area (Å²) < 4.78 is 86.9. The van der Waals surface area contributed by atoms with Crippen LogP contribution in [-0.2, 0) is 30.9 Å². The van der Waals surface area contributed by atoms with Gasteiger partial charge in [-0.25, -0.2) is 0 Å². The highest BCUT2D eigenvalue weighted by Crippen LogP contribution is 2.41. The zero-order valence-electron chi connectivity index (χ0n) is 20.9. The maximum absolute atomic E-state index is 13.6. The van der Waals surface area contributed by atoms with E-state index in [0.29, 0.717) is 37.5 Å². The third-order valence-corrected chi connectivity index (χ3v) is 6.98. The van der Waals surface area contributed by atoms with Crippen LogP contribution in [0.3, 0.4) is 0 Å². The lowest BCUT2D eigenvalue weighted by Crippen LogP contribution is -2.55. The van der Waals surface area contributed by atoms with Gasteiger partial charge in [0.05, 0.1) is 23.8 Å². The molecule has 0 spiro atoms. The monoisotopic (exact) mass is 535 g/mol. The van der Waals surface area contributed by atoms with Gasteiger partial charge in [-0.3, -0.25) is 9.80 Å². The van der Waals surface area contributed by atoms with Crippen LogP contribution in [0.25, 0.3) is 0 Å². The van der Waals surface area contributed by atoms with Crippen molar-refractivity contribution in [1.82, 2.24) is 9.80 Å². The van der Waals surface area contributed by atoms with Crippen LogP contribution in [0, 0.1) is 6.92 Å². The predicted molar refractivity (Wildman–Crippen MR) is 133 cm³/mol. The van der Waals surface area contributed by atoms with Crippen molar-refractivity contribution in [3.63, 3.8) is 0 Å². The van der Waals surface area contributed by atoms with Crippen LogP contribution in [0.5, 0.6) is 5.75 Å². The van der Waals surface area contributed by atoms with E-state index in [1.807, 2.05) is 35.2 Å². The number of piperazine rings is 1. The molecule has 0 saturated carbocycles. The summed E-state index contributed by atoms with van der Waals surface area (Å²) in [5.74, 6) is 0.470. The van der Waals surface area contributed by atoms with Gasteiger partial charge in [0.2, 0.25) is 0 Å². The molecule has 1 heterocycles. The maximum atomic E-state index is 13.6. The molecule has 1 radical (unpaired) electrons. The van der Waals surface area contributed by atoms with E-state index in [1.165, 1.54) is 7.11 Å². The number of benzene rings is 3. The van der Waals surface area contributed by atoms with Crippen molar-refractivity contribution < 1.29 is 31.1 Å². The van der Waals surface area contributed by atoms with Gasteiger partial charge in [-0.05, 0) is 48.7 Å². The number of hydrogen-bond acceptors (Lipinski definition) is 3. The molecule has 0 aliphatic carbocycles. The molecule has 9 heteroatoms. The summed E-state index contributed by atoms with van der Waals surface area (Å²) in [6, 6.07) is 18.7. The van der Waals surface area contributed by atoms with E-state index in [2.05, 4.69) is 11.8 Å². The first kappa shape index (κ1) is 28.0. The van der Waals surface area contributed by atoms with Crippen LogP contribution >= 0.6 is 0 Å². The Morgan fingerprint density at radius 3 is 1.84 bits per heavy atom. The highest BCUT2D eigenvalue weighted by atomic mass is 19.4. The number of rotatable bonds is 7. The van der Waals surface area contributed by atoms with Crippen molar-refractivity contribution in [3.8, 4) is 5.75 Å². The topological polar surface area (TPSA) is 15.7 Å². The molecule has 0 N–H and O–H groups in total. The molecule has 0 amide bonds. The molecule has 1 fully saturated rings. The zero-order chi connectivity index (χ0) is 27.6. The van der Waals surface area contributed by atoms with Gasteiger partial charge in [0, 0.05) is 38.3 Å². The standard InChI is InChI=1S/C29H29F6N2O/c1-27(25-10-6-7-11-26(25)38-2,37-14-12-36(13-15-37)20-21-8-4-3-5-9-21)19-22-16-23(28(30,31)32)18-24(17-22)29(33,34)35/h3-11,16-18H,1,12-15,19-20H2,2H3. The van der Waals surface area contributed by atoms with Gasteiger partial charge in [-0.1, -0.05) is 48.5 Å². The molecule has 0 bridgehead atoms. The first-order chi connectivity index (χ1) is 17.9. The zero-order valence-corrected chi connectivity index (χ0v) is 20.9. The minimum Gasteiger partial charge on any atom is -0.496 e. The molecule has 3 nitrogen and oxygen atoms in total. The normalized spacial score (nSPS) is 17.3. The molecule has 1 aliphatic heterocycles. The number of methoxy groups -OCH3 is 1. The molecular formula is C29H29F6N2O. The Labute approximate surface area is 218 Å². The Balaban J connectivity index is 1.69. The number of para-hydroxylation sites is 1. The van der Waals surface area contributed by atoms with E-state index in [-0.39, 0.29) is 18.1 Å². The summed E-state index contributed by atoms with van der Waals surface area (Å²) in [7, 11) is 1.48. The second kappa shape index (κ2) is 11.0. The highest BCUT2D eigenvalue weighted by molar-refractivity contribution is 5.43. The largest absolute Gasteiger partial charge is 0.496 e. The van der Waals surface area contributed by atoms with Gasteiger partial charge in [-0.15, -0.1) is 0 Å². The average Bonchev–Trinajstić information content (AvgIpc) is 2.88. The van der Waals surface area contributed by atoms with Crippen molar-refractivity contribution in [2.75, 3.05) is 33.3 Å². The average molecular weight is 536 g/mol. The Morgan fingerprint density at radius 2 is 1.29 bits per heavy atom. The predicted octanol–water partition coefficient (Wildman–Crippen LogP) is 6.82. The van der Waals surface area contributed by atoms with Gasteiger partial charge < -0.3 is 4.74 Å². The molecule has 38 heavy (non-hydrogen) atoms. The number of ether oxygens (including phenoxy) is 1. The lowest BCUT2D eigenvalue weighted by atomic mass is 9.82. The summed E-state index contributed by atoms with van der Waals surface area (Å²) in [6.07, 6.45) is -10.0. The molecule has 1 saturated heterocycles. The van der Waals surface area contributed by atoms with E-state index in [1.54, 1.807) is 24.3 Å². The molecule has 3 aromatic carbocycles. The van der Waals surface area contributed by atoms with Gasteiger partial charge in [0.15, 0.2) is 0 Å². The van der Waals surface area contributed by atoms with Crippen LogP contribution in [0.1, 0.15) is 27.8 Å². The van der Waals surface area contributed by atoms with E-state index in [9.17, 15) is 26.3 Å². The minimum atomic E-state index is -4.92. The van der Waals surface area contributed by atoms with Crippen molar-refractivity contribution in [2.24, 2.45) is 0 Å². The Morgan fingerprint density at radius 1 is 0.737 bits per heavy atom. The fourth-order valence-electron chi connectivity index (χ4n) is 5.04. The van der Waals surface area contributed by atoms with Crippen LogP contribution < -0.4 is 4.74 Å². The van der Waals surface area contributed by atoms with Gasteiger partial charge in [0.1, 0.15) is 5.75 Å². The summed E-state index contributed by atoms with van der Waals surface area (Å²) in [5.41, 5.74) is -2.17. The number of nitrogens with zero attached hydrogens (tertiary/aromatic N) is 2. The van der Waals surface area contributed by atoms with E-state index >= 15 is 0 Å². The first-order valence-corrected chi connectivity index (χ1v) is 12.2. The third-order valence-electron chi connectivity index (χ3n) is 6.98. The minimum absolute atomic E-state index is 0.0974. The van der Waals surface area contributed by atoms with Gasteiger partial charge in [-0.2, -0.15) is 26.3 Å². The van der Waals surface area contributed by atoms with Crippen LogP contribution in [0.2, 0.25) is 0 Å². The fraction of sp³-hybridized carbons (Fsp3) is 0.345. The van der Waals surface area contributed by atoms with Crippen molar-refractivity contribution in [3.05, 3.63) is 108 Å². The van der Waals surface area contributed by atoms with Crippen LogP contribution in [0.4, 0.5) is 26.3 Å². The molecular weight excluding hydrogens is 506 g/mol. The molecule has 0 aromatic heterocycles. The van der Waals surface area contributed by atoms with E-state index in [4.69, 9.17) is 4.74 Å². The second-order valence-corrected chi connectivity index (χ2v) is 9.57. The van der Waals surface area contributed by atoms with Crippen LogP contribution in [0.15, 0.2) is 72.8 Å². The van der Waals surface area contributed by atoms with Crippen molar-refractivity contribution >= 4 is 0 Å². The molecule has 1 unspecified atom stereocenters. The SMILES string of the molecule is [CH2]C(Cc1cc(C(F)(F)F)cc(C(F)(F)F)c1)(c1ccccc1OC)N1CCN(Cc2ccccc2)CC1. The van der Waals surface area contributed by atoms with Crippen LogP contribution in [-0.4, -0.2) is 43.1 Å². The highest BCUT2D eigenvalue weighted by Gasteiger charge is 2.41. The lowest BCUT2D eigenvalue weighted by Gasteiger charge is -2.47. The molecule has 203 valence electrons. The summed E-state index contributed by atoms with van der Waals surface area (Å²) in [4.78, 5) is 4.29.